The molecular weight excluding hydrogens is 270 g/mol. The van der Waals surface area contributed by atoms with Gasteiger partial charge in [-0.15, -0.1) is 0 Å². The van der Waals surface area contributed by atoms with Gasteiger partial charge >= 0.3 is 0 Å². The molecule has 1 amide bonds. The Labute approximate surface area is 124 Å². The molecule has 1 aromatic rings. The molecule has 114 valence electrons. The predicted molar refractivity (Wildman–Crippen MR) is 81.3 cm³/mol. The van der Waals surface area contributed by atoms with Crippen molar-refractivity contribution in [3.8, 4) is 0 Å². The Morgan fingerprint density at radius 3 is 2.76 bits per heavy atom. The number of non-ortho nitro benzene ring substituents is 1. The first-order chi connectivity index (χ1) is 10.1. The number of benzene rings is 1. The Hall–Kier alpha value is -1.95. The Balaban J connectivity index is 1.96. The SMILES string of the molecule is NCCCCCCC(=O)N1CCc2ccc([N+](=O)[O-])cc21. The maximum Gasteiger partial charge on any atom is 0.271 e. The molecule has 0 spiro atoms. The summed E-state index contributed by atoms with van der Waals surface area (Å²) in [6.07, 6.45) is 5.15. The van der Waals surface area contributed by atoms with Gasteiger partial charge < -0.3 is 10.6 Å². The van der Waals surface area contributed by atoms with Gasteiger partial charge in [-0.2, -0.15) is 0 Å². The van der Waals surface area contributed by atoms with Crippen LogP contribution in [0.25, 0.3) is 0 Å². The van der Waals surface area contributed by atoms with Gasteiger partial charge in [0.15, 0.2) is 0 Å². The van der Waals surface area contributed by atoms with Gasteiger partial charge in [0, 0.05) is 25.1 Å². The van der Waals surface area contributed by atoms with Crippen LogP contribution in [0.2, 0.25) is 0 Å². The monoisotopic (exact) mass is 291 g/mol. The minimum Gasteiger partial charge on any atom is -0.330 e. The summed E-state index contributed by atoms with van der Waals surface area (Å²) in [4.78, 5) is 24.4. The van der Waals surface area contributed by atoms with Crippen LogP contribution in [0.4, 0.5) is 11.4 Å². The van der Waals surface area contributed by atoms with E-state index < -0.39 is 4.92 Å². The second-order valence-corrected chi connectivity index (χ2v) is 5.32. The molecule has 6 nitrogen and oxygen atoms in total. The first-order valence-corrected chi connectivity index (χ1v) is 7.41. The normalized spacial score (nSPS) is 13.3. The predicted octanol–water partition coefficient (Wildman–Crippen LogP) is 2.39. The molecule has 0 saturated heterocycles. The highest BCUT2D eigenvalue weighted by Crippen LogP contribution is 2.32. The molecule has 0 bridgehead atoms. The van der Waals surface area contributed by atoms with Crippen molar-refractivity contribution in [2.75, 3.05) is 18.0 Å². The first-order valence-electron chi connectivity index (χ1n) is 7.41. The zero-order valence-corrected chi connectivity index (χ0v) is 12.1. The van der Waals surface area contributed by atoms with E-state index in [1.165, 1.54) is 12.1 Å². The van der Waals surface area contributed by atoms with Crippen molar-refractivity contribution in [1.29, 1.82) is 0 Å². The smallest absolute Gasteiger partial charge is 0.271 e. The lowest BCUT2D eigenvalue weighted by Crippen LogP contribution is -2.28. The number of nitrogens with zero attached hydrogens (tertiary/aromatic N) is 2. The maximum absolute atomic E-state index is 12.3. The summed E-state index contributed by atoms with van der Waals surface area (Å²) in [5.74, 6) is 0.0574. The first kappa shape index (κ1) is 15.4. The highest BCUT2D eigenvalue weighted by atomic mass is 16.6. The van der Waals surface area contributed by atoms with Crippen molar-refractivity contribution in [3.63, 3.8) is 0 Å². The fourth-order valence-electron chi connectivity index (χ4n) is 2.65. The molecule has 2 rings (SSSR count). The Morgan fingerprint density at radius 2 is 2.05 bits per heavy atom. The number of nitrogens with two attached hydrogens (primary N) is 1. The Morgan fingerprint density at radius 1 is 1.29 bits per heavy atom. The van der Waals surface area contributed by atoms with Crippen LogP contribution in [0.15, 0.2) is 18.2 Å². The Bertz CT molecular complexity index is 531. The van der Waals surface area contributed by atoms with E-state index in [0.717, 1.165) is 37.7 Å². The number of rotatable bonds is 7. The van der Waals surface area contributed by atoms with Gasteiger partial charge in [0.05, 0.1) is 10.6 Å². The van der Waals surface area contributed by atoms with Crippen LogP contribution >= 0.6 is 0 Å². The fraction of sp³-hybridized carbons (Fsp3) is 0.533. The average Bonchev–Trinajstić information content (AvgIpc) is 2.89. The van der Waals surface area contributed by atoms with Crippen molar-refractivity contribution < 1.29 is 9.72 Å². The third-order valence-corrected chi connectivity index (χ3v) is 3.82. The van der Waals surface area contributed by atoms with Gasteiger partial charge in [-0.05, 0) is 31.4 Å². The molecule has 0 fully saturated rings. The van der Waals surface area contributed by atoms with E-state index in [1.54, 1.807) is 11.0 Å². The molecule has 6 heteroatoms. The van der Waals surface area contributed by atoms with Gasteiger partial charge in [-0.25, -0.2) is 0 Å². The summed E-state index contributed by atoms with van der Waals surface area (Å²) in [7, 11) is 0. The second-order valence-electron chi connectivity index (χ2n) is 5.32. The third kappa shape index (κ3) is 3.78. The van der Waals surface area contributed by atoms with E-state index in [-0.39, 0.29) is 11.6 Å². The summed E-state index contributed by atoms with van der Waals surface area (Å²) in [6.45, 7) is 1.31. The molecule has 0 radical (unpaired) electrons. The quantitative estimate of drug-likeness (QED) is 0.474. The van der Waals surface area contributed by atoms with E-state index in [2.05, 4.69) is 0 Å². The van der Waals surface area contributed by atoms with Gasteiger partial charge in [0.2, 0.25) is 5.91 Å². The van der Waals surface area contributed by atoms with Crippen LogP contribution in [0.3, 0.4) is 0 Å². The van der Waals surface area contributed by atoms with Crippen LogP contribution < -0.4 is 10.6 Å². The number of nitro groups is 1. The van der Waals surface area contributed by atoms with Crippen LogP contribution in [0.5, 0.6) is 0 Å². The summed E-state index contributed by atoms with van der Waals surface area (Å²) in [5.41, 5.74) is 7.19. The number of nitro benzene ring substituents is 1. The van der Waals surface area contributed by atoms with Crippen molar-refractivity contribution in [3.05, 3.63) is 33.9 Å². The number of hydrogen-bond acceptors (Lipinski definition) is 4. The van der Waals surface area contributed by atoms with E-state index in [4.69, 9.17) is 5.73 Å². The molecule has 1 aliphatic heterocycles. The van der Waals surface area contributed by atoms with Crippen molar-refractivity contribution in [1.82, 2.24) is 0 Å². The molecular formula is C15H21N3O3. The van der Waals surface area contributed by atoms with Crippen molar-refractivity contribution >= 4 is 17.3 Å². The standard InChI is InChI=1S/C15H21N3O3/c16-9-4-2-1-3-5-15(19)17-10-8-12-6-7-13(18(20)21)11-14(12)17/h6-7,11H,1-5,8-10,16H2. The van der Waals surface area contributed by atoms with E-state index >= 15 is 0 Å². The van der Waals surface area contributed by atoms with Gasteiger partial charge in [-0.1, -0.05) is 18.9 Å². The Kier molecular flexibility index (Phi) is 5.27. The minimum absolute atomic E-state index is 0.0383. The third-order valence-electron chi connectivity index (χ3n) is 3.82. The highest BCUT2D eigenvalue weighted by Gasteiger charge is 2.26. The highest BCUT2D eigenvalue weighted by molar-refractivity contribution is 5.95. The molecule has 1 aromatic carbocycles. The van der Waals surface area contributed by atoms with Crippen molar-refractivity contribution in [2.24, 2.45) is 5.73 Å². The summed E-state index contributed by atoms with van der Waals surface area (Å²) >= 11 is 0. The molecule has 0 saturated carbocycles. The van der Waals surface area contributed by atoms with Crippen LogP contribution in [0.1, 0.15) is 37.7 Å². The molecule has 21 heavy (non-hydrogen) atoms. The minimum atomic E-state index is -0.423. The van der Waals surface area contributed by atoms with Crippen LogP contribution in [0, 0.1) is 10.1 Å². The molecule has 0 atom stereocenters. The lowest BCUT2D eigenvalue weighted by Gasteiger charge is -2.17. The van der Waals surface area contributed by atoms with E-state index in [0.29, 0.717) is 25.2 Å². The fourth-order valence-corrected chi connectivity index (χ4v) is 2.65. The number of carbonyl (C=O) groups excluding carboxylic acids is 1. The molecule has 0 unspecified atom stereocenters. The largest absolute Gasteiger partial charge is 0.330 e. The van der Waals surface area contributed by atoms with E-state index in [9.17, 15) is 14.9 Å². The summed E-state index contributed by atoms with van der Waals surface area (Å²) in [5, 5.41) is 10.8. The lowest BCUT2D eigenvalue weighted by molar-refractivity contribution is -0.384. The number of amides is 1. The number of hydrogen-bond donors (Lipinski definition) is 1. The van der Waals surface area contributed by atoms with Crippen LogP contribution in [-0.2, 0) is 11.2 Å². The molecule has 2 N–H and O–H groups in total. The average molecular weight is 291 g/mol. The number of anilines is 1. The molecule has 1 aliphatic rings. The lowest BCUT2D eigenvalue weighted by atomic mass is 10.1. The molecule has 1 heterocycles. The summed E-state index contributed by atoms with van der Waals surface area (Å²) in [6, 6.07) is 4.76. The van der Waals surface area contributed by atoms with Gasteiger partial charge in [0.1, 0.15) is 0 Å². The zero-order chi connectivity index (χ0) is 15.2. The maximum atomic E-state index is 12.3. The molecule has 0 aromatic heterocycles. The van der Waals surface area contributed by atoms with Crippen molar-refractivity contribution in [2.45, 2.75) is 38.5 Å². The topological polar surface area (TPSA) is 89.5 Å². The summed E-state index contributed by atoms with van der Waals surface area (Å²) < 4.78 is 0. The zero-order valence-electron chi connectivity index (χ0n) is 12.1. The van der Waals surface area contributed by atoms with E-state index in [1.807, 2.05) is 0 Å². The van der Waals surface area contributed by atoms with Gasteiger partial charge in [-0.3, -0.25) is 14.9 Å². The van der Waals surface area contributed by atoms with Crippen LogP contribution in [-0.4, -0.2) is 23.9 Å². The second kappa shape index (κ2) is 7.17. The number of carbonyl (C=O) groups is 1. The number of fused-ring (bicyclic) bond motifs is 1. The number of unbranched alkanes of at least 4 members (excludes halogenated alkanes) is 3. The molecule has 0 aliphatic carbocycles. The van der Waals surface area contributed by atoms with Gasteiger partial charge in [0.25, 0.3) is 5.69 Å².